The molecule has 3 rings (SSSR count). The Labute approximate surface area is 184 Å². The minimum absolute atomic E-state index is 0.0546. The van der Waals surface area contributed by atoms with Crippen molar-refractivity contribution >= 4 is 16.0 Å². The van der Waals surface area contributed by atoms with E-state index < -0.39 is 16.0 Å². The van der Waals surface area contributed by atoms with Gasteiger partial charge in [0.25, 0.3) is 10.0 Å². The van der Waals surface area contributed by atoms with Crippen LogP contribution >= 0.6 is 0 Å². The van der Waals surface area contributed by atoms with Crippen LogP contribution in [0.2, 0.25) is 0 Å². The molecule has 1 aromatic rings. The van der Waals surface area contributed by atoms with E-state index in [1.54, 1.807) is 38.6 Å². The van der Waals surface area contributed by atoms with Gasteiger partial charge in [0.1, 0.15) is 6.10 Å². The highest BCUT2D eigenvalue weighted by Crippen LogP contribution is 2.44. The molecule has 3 atom stereocenters. The molecule has 8 heteroatoms. The van der Waals surface area contributed by atoms with Crippen molar-refractivity contribution in [2.45, 2.75) is 62.6 Å². The zero-order valence-electron chi connectivity index (χ0n) is 18.3. The normalized spacial score (nSPS) is 23.3. The summed E-state index contributed by atoms with van der Waals surface area (Å²) < 4.78 is 39.4. The number of methoxy groups -OCH3 is 2. The van der Waals surface area contributed by atoms with Crippen molar-refractivity contribution in [1.29, 1.82) is 0 Å². The Hall–Kier alpha value is -2.16. The van der Waals surface area contributed by atoms with Crippen molar-refractivity contribution in [2.24, 2.45) is 5.92 Å². The quantitative estimate of drug-likeness (QED) is 0.585. The molecule has 2 aliphatic rings. The topological polar surface area (TPSA) is 93.1 Å². The molecule has 1 aliphatic carbocycles. The number of carbonyl (C=O) groups is 1. The number of benzene rings is 1. The van der Waals surface area contributed by atoms with Crippen LogP contribution in [0, 0.1) is 5.92 Å². The molecule has 1 N–H and O–H groups in total. The number of carboxylic acids is 1. The van der Waals surface area contributed by atoms with Crippen LogP contribution < -0.4 is 0 Å². The Morgan fingerprint density at radius 3 is 2.45 bits per heavy atom. The highest BCUT2D eigenvalue weighted by atomic mass is 32.2. The molecule has 31 heavy (non-hydrogen) atoms. The number of hydrogen-bond acceptors (Lipinski definition) is 5. The van der Waals surface area contributed by atoms with Crippen LogP contribution in [0.4, 0.5) is 0 Å². The van der Waals surface area contributed by atoms with Crippen LogP contribution in [0.3, 0.4) is 0 Å². The summed E-state index contributed by atoms with van der Waals surface area (Å²) in [4.78, 5) is 11.3. The summed E-state index contributed by atoms with van der Waals surface area (Å²) in [6.45, 7) is 2.12. The summed E-state index contributed by atoms with van der Waals surface area (Å²) in [5.74, 6) is -1.13. The first-order chi connectivity index (χ1) is 14.8. The lowest BCUT2D eigenvalue weighted by molar-refractivity contribution is -0.137. The lowest BCUT2D eigenvalue weighted by Crippen LogP contribution is -2.38. The third-order valence-electron chi connectivity index (χ3n) is 6.01. The van der Waals surface area contributed by atoms with Crippen LogP contribution in [0.15, 0.2) is 52.7 Å². The molecular weight excluding hydrogens is 418 g/mol. The molecule has 0 amide bonds. The van der Waals surface area contributed by atoms with Crippen molar-refractivity contribution in [2.75, 3.05) is 14.2 Å². The molecule has 1 aromatic carbocycles. The number of nitrogens with zero attached hydrogens (tertiary/aromatic N) is 1. The maximum Gasteiger partial charge on any atom is 0.303 e. The molecule has 3 unspecified atom stereocenters. The SMILES string of the molecule is CCCCc1ccc(S(=O)(=O)N2C=C(CCC(=O)O)C3CC(OC)C(OC)C=C32)cc1. The smallest absolute Gasteiger partial charge is 0.303 e. The second-order valence-corrected chi connectivity index (χ2v) is 9.82. The van der Waals surface area contributed by atoms with E-state index in [-0.39, 0.29) is 35.9 Å². The summed E-state index contributed by atoms with van der Waals surface area (Å²) in [6, 6.07) is 7.01. The number of allylic oxidation sites excluding steroid dienone is 1. The van der Waals surface area contributed by atoms with Gasteiger partial charge in [0.05, 0.1) is 11.0 Å². The fourth-order valence-electron chi connectivity index (χ4n) is 4.23. The molecule has 0 saturated heterocycles. The number of aliphatic carboxylic acids is 1. The summed E-state index contributed by atoms with van der Waals surface area (Å²) in [6.07, 6.45) is 6.59. The van der Waals surface area contributed by atoms with Gasteiger partial charge in [-0.15, -0.1) is 0 Å². The Balaban J connectivity index is 1.96. The van der Waals surface area contributed by atoms with Crippen LogP contribution in [0.5, 0.6) is 0 Å². The third-order valence-corrected chi connectivity index (χ3v) is 7.72. The van der Waals surface area contributed by atoms with Gasteiger partial charge >= 0.3 is 5.97 Å². The molecule has 0 bridgehead atoms. The molecule has 1 aliphatic heterocycles. The summed E-state index contributed by atoms with van der Waals surface area (Å²) in [7, 11) is -0.667. The van der Waals surface area contributed by atoms with E-state index in [1.807, 2.05) is 12.1 Å². The molecule has 170 valence electrons. The van der Waals surface area contributed by atoms with Gasteiger partial charge in [0.15, 0.2) is 0 Å². The molecule has 0 aromatic heterocycles. The van der Waals surface area contributed by atoms with Gasteiger partial charge in [-0.1, -0.05) is 25.5 Å². The van der Waals surface area contributed by atoms with E-state index in [0.29, 0.717) is 12.1 Å². The van der Waals surface area contributed by atoms with Gasteiger partial charge in [-0.05, 0) is 55.0 Å². The van der Waals surface area contributed by atoms with Crippen molar-refractivity contribution in [1.82, 2.24) is 4.31 Å². The van der Waals surface area contributed by atoms with Crippen molar-refractivity contribution in [3.8, 4) is 0 Å². The van der Waals surface area contributed by atoms with E-state index in [0.717, 1.165) is 30.4 Å². The molecule has 7 nitrogen and oxygen atoms in total. The van der Waals surface area contributed by atoms with Gasteiger partial charge in [0.2, 0.25) is 0 Å². The van der Waals surface area contributed by atoms with Gasteiger partial charge in [-0.2, -0.15) is 0 Å². The highest BCUT2D eigenvalue weighted by molar-refractivity contribution is 7.89. The zero-order valence-corrected chi connectivity index (χ0v) is 19.1. The number of carboxylic acid groups (broad SMARTS) is 1. The van der Waals surface area contributed by atoms with Crippen LogP contribution in [0.1, 0.15) is 44.6 Å². The lowest BCUT2D eigenvalue weighted by atomic mass is 9.84. The maximum atomic E-state index is 13.5. The standard InChI is InChI=1S/C23H31NO6S/c1-4-5-6-16-7-10-18(11-8-16)31(27,28)24-15-17(9-12-23(25)26)19-13-21(29-2)22(30-3)14-20(19)24/h7-8,10-11,14-15,19,21-22H,4-6,9,12-13H2,1-3H3,(H,25,26). The van der Waals surface area contributed by atoms with Crippen LogP contribution in [-0.2, 0) is 30.7 Å². The summed E-state index contributed by atoms with van der Waals surface area (Å²) in [5, 5.41) is 9.12. The first-order valence-corrected chi connectivity index (χ1v) is 12.1. The number of aryl methyl sites for hydroxylation is 1. The Morgan fingerprint density at radius 1 is 1.16 bits per heavy atom. The monoisotopic (exact) mass is 449 g/mol. The van der Waals surface area contributed by atoms with Gasteiger partial charge in [-0.25, -0.2) is 12.7 Å². The van der Waals surface area contributed by atoms with Crippen molar-refractivity contribution < 1.29 is 27.8 Å². The number of fused-ring (bicyclic) bond motifs is 1. The fourth-order valence-corrected chi connectivity index (χ4v) is 5.68. The maximum absolute atomic E-state index is 13.5. The predicted octanol–water partition coefficient (Wildman–Crippen LogP) is 3.72. The molecule has 0 fully saturated rings. The highest BCUT2D eigenvalue weighted by Gasteiger charge is 2.43. The minimum atomic E-state index is -3.83. The zero-order chi connectivity index (χ0) is 22.6. The van der Waals surface area contributed by atoms with Crippen molar-refractivity contribution in [3.63, 3.8) is 0 Å². The average Bonchev–Trinajstić information content (AvgIpc) is 3.13. The third kappa shape index (κ3) is 5.02. The first-order valence-electron chi connectivity index (χ1n) is 10.6. The van der Waals surface area contributed by atoms with Crippen LogP contribution in [-0.4, -0.2) is 50.2 Å². The van der Waals surface area contributed by atoms with Gasteiger partial charge < -0.3 is 14.6 Å². The number of rotatable bonds is 10. The van der Waals surface area contributed by atoms with Gasteiger partial charge in [0, 0.05) is 38.5 Å². The number of ether oxygens (including phenoxy) is 2. The van der Waals surface area contributed by atoms with E-state index in [1.165, 1.54) is 4.31 Å². The van der Waals surface area contributed by atoms with E-state index >= 15 is 0 Å². The Bertz CT molecular complexity index is 951. The van der Waals surface area contributed by atoms with Crippen LogP contribution in [0.25, 0.3) is 0 Å². The number of unbranched alkanes of at least 4 members (excludes halogenated alkanes) is 1. The van der Waals surface area contributed by atoms with E-state index in [2.05, 4.69) is 6.92 Å². The molecule has 0 spiro atoms. The fraction of sp³-hybridized carbons (Fsp3) is 0.522. The van der Waals surface area contributed by atoms with Gasteiger partial charge in [-0.3, -0.25) is 4.79 Å². The van der Waals surface area contributed by atoms with Crippen molar-refractivity contribution in [3.05, 3.63) is 53.4 Å². The number of hydrogen-bond donors (Lipinski definition) is 1. The molecule has 0 radical (unpaired) electrons. The summed E-state index contributed by atoms with van der Waals surface area (Å²) >= 11 is 0. The molecule has 0 saturated carbocycles. The second kappa shape index (κ2) is 9.97. The number of sulfonamides is 1. The largest absolute Gasteiger partial charge is 0.481 e. The van der Waals surface area contributed by atoms with E-state index in [4.69, 9.17) is 14.6 Å². The predicted molar refractivity (Wildman–Crippen MR) is 117 cm³/mol. The summed E-state index contributed by atoms with van der Waals surface area (Å²) in [5.41, 5.74) is 2.50. The Kier molecular flexibility index (Phi) is 7.56. The molecular formula is C23H31NO6S. The van der Waals surface area contributed by atoms with E-state index in [9.17, 15) is 13.2 Å². The second-order valence-electron chi connectivity index (χ2n) is 8.00. The lowest BCUT2D eigenvalue weighted by Gasteiger charge is -2.34. The Morgan fingerprint density at radius 2 is 1.87 bits per heavy atom. The first kappa shape index (κ1) is 23.5. The minimum Gasteiger partial charge on any atom is -0.481 e. The molecule has 1 heterocycles. The average molecular weight is 450 g/mol.